The van der Waals surface area contributed by atoms with Gasteiger partial charge in [-0.2, -0.15) is 0 Å². The Balaban J connectivity index is 1.66. The highest BCUT2D eigenvalue weighted by atomic mass is 16.7. The van der Waals surface area contributed by atoms with Crippen LogP contribution in [-0.2, 0) is 9.47 Å². The quantitative estimate of drug-likeness (QED) is 0.730. The number of hydrogen-bond donors (Lipinski definition) is 0. The summed E-state index contributed by atoms with van der Waals surface area (Å²) in [5.41, 5.74) is 0. The van der Waals surface area contributed by atoms with Gasteiger partial charge in [0.05, 0.1) is 13.2 Å². The van der Waals surface area contributed by atoms with E-state index in [1.165, 1.54) is 38.5 Å². The van der Waals surface area contributed by atoms with Gasteiger partial charge < -0.3 is 9.47 Å². The first-order valence-electron chi connectivity index (χ1n) is 7.88. The SMILES string of the molecule is CC(C)CC1CCC(CC(C)C2OCCO2)CC1. The van der Waals surface area contributed by atoms with Crippen LogP contribution >= 0.6 is 0 Å². The lowest BCUT2D eigenvalue weighted by molar-refractivity contribution is -0.0849. The fraction of sp³-hybridized carbons (Fsp3) is 1.00. The van der Waals surface area contributed by atoms with Crippen LogP contribution < -0.4 is 0 Å². The van der Waals surface area contributed by atoms with E-state index < -0.39 is 0 Å². The Morgan fingerprint density at radius 1 is 0.833 bits per heavy atom. The van der Waals surface area contributed by atoms with E-state index in [9.17, 15) is 0 Å². The van der Waals surface area contributed by atoms with Crippen LogP contribution in [0.3, 0.4) is 0 Å². The van der Waals surface area contributed by atoms with E-state index in [1.54, 1.807) is 0 Å². The molecule has 1 aliphatic heterocycles. The summed E-state index contributed by atoms with van der Waals surface area (Å²) in [7, 11) is 0. The standard InChI is InChI=1S/C16H30O2/c1-12(2)10-14-4-6-15(7-5-14)11-13(3)16-17-8-9-18-16/h12-16H,4-11H2,1-3H3. The third-order valence-corrected chi connectivity index (χ3v) is 4.59. The molecule has 106 valence electrons. The first kappa shape index (κ1) is 14.3. The molecular weight excluding hydrogens is 224 g/mol. The van der Waals surface area contributed by atoms with Crippen molar-refractivity contribution >= 4 is 0 Å². The van der Waals surface area contributed by atoms with Crippen molar-refractivity contribution in [1.82, 2.24) is 0 Å². The van der Waals surface area contributed by atoms with Crippen LogP contribution in [0.1, 0.15) is 59.3 Å². The lowest BCUT2D eigenvalue weighted by atomic mass is 9.76. The van der Waals surface area contributed by atoms with Crippen LogP contribution in [0, 0.1) is 23.7 Å². The molecule has 0 N–H and O–H groups in total. The molecule has 2 nitrogen and oxygen atoms in total. The van der Waals surface area contributed by atoms with E-state index in [4.69, 9.17) is 9.47 Å². The maximum Gasteiger partial charge on any atom is 0.160 e. The van der Waals surface area contributed by atoms with Crippen LogP contribution in [0.4, 0.5) is 0 Å². The Hall–Kier alpha value is -0.0800. The first-order chi connectivity index (χ1) is 8.65. The van der Waals surface area contributed by atoms with E-state index in [1.807, 2.05) is 0 Å². The predicted molar refractivity (Wildman–Crippen MR) is 74.4 cm³/mol. The molecule has 0 radical (unpaired) electrons. The predicted octanol–water partition coefficient (Wildman–Crippen LogP) is 4.24. The molecule has 2 heteroatoms. The molecule has 0 aromatic heterocycles. The van der Waals surface area contributed by atoms with Gasteiger partial charge >= 0.3 is 0 Å². The van der Waals surface area contributed by atoms with Crippen LogP contribution in [0.15, 0.2) is 0 Å². The summed E-state index contributed by atoms with van der Waals surface area (Å²) in [6.07, 6.45) is 8.54. The molecule has 18 heavy (non-hydrogen) atoms. The van der Waals surface area contributed by atoms with E-state index in [2.05, 4.69) is 20.8 Å². The fourth-order valence-corrected chi connectivity index (χ4v) is 3.71. The summed E-state index contributed by atoms with van der Waals surface area (Å²) >= 11 is 0. The largest absolute Gasteiger partial charge is 0.350 e. The minimum Gasteiger partial charge on any atom is -0.350 e. The van der Waals surface area contributed by atoms with Crippen molar-refractivity contribution in [2.45, 2.75) is 65.6 Å². The van der Waals surface area contributed by atoms with Crippen LogP contribution in [0.25, 0.3) is 0 Å². The Morgan fingerprint density at radius 2 is 1.33 bits per heavy atom. The monoisotopic (exact) mass is 254 g/mol. The lowest BCUT2D eigenvalue weighted by Crippen LogP contribution is -2.24. The summed E-state index contributed by atoms with van der Waals surface area (Å²) in [6.45, 7) is 8.56. The van der Waals surface area contributed by atoms with E-state index in [-0.39, 0.29) is 6.29 Å². The maximum atomic E-state index is 5.61. The Morgan fingerprint density at radius 3 is 1.83 bits per heavy atom. The molecule has 0 bridgehead atoms. The van der Waals surface area contributed by atoms with Gasteiger partial charge in [0.1, 0.15) is 0 Å². The second kappa shape index (κ2) is 6.91. The van der Waals surface area contributed by atoms with Crippen molar-refractivity contribution in [3.8, 4) is 0 Å². The van der Waals surface area contributed by atoms with Gasteiger partial charge in [0.25, 0.3) is 0 Å². The Kier molecular flexibility index (Phi) is 5.50. The molecule has 0 amide bonds. The second-order valence-corrected chi connectivity index (χ2v) is 6.84. The average molecular weight is 254 g/mol. The number of rotatable bonds is 5. The summed E-state index contributed by atoms with van der Waals surface area (Å²) < 4.78 is 11.2. The van der Waals surface area contributed by atoms with Crippen molar-refractivity contribution in [3.05, 3.63) is 0 Å². The van der Waals surface area contributed by atoms with Gasteiger partial charge in [0.2, 0.25) is 0 Å². The van der Waals surface area contributed by atoms with Crippen molar-refractivity contribution in [2.24, 2.45) is 23.7 Å². The Labute approximate surface area is 112 Å². The highest BCUT2D eigenvalue weighted by Crippen LogP contribution is 2.36. The number of hydrogen-bond acceptors (Lipinski definition) is 2. The van der Waals surface area contributed by atoms with Crippen molar-refractivity contribution in [1.29, 1.82) is 0 Å². The minimum absolute atomic E-state index is 0.0818. The molecule has 1 unspecified atom stereocenters. The molecule has 1 saturated carbocycles. The minimum atomic E-state index is 0.0818. The fourth-order valence-electron chi connectivity index (χ4n) is 3.71. The average Bonchev–Trinajstić information content (AvgIpc) is 2.84. The highest BCUT2D eigenvalue weighted by molar-refractivity contribution is 4.76. The lowest BCUT2D eigenvalue weighted by Gasteiger charge is -2.31. The third kappa shape index (κ3) is 4.24. The van der Waals surface area contributed by atoms with E-state index in [0.29, 0.717) is 5.92 Å². The van der Waals surface area contributed by atoms with Crippen molar-refractivity contribution < 1.29 is 9.47 Å². The zero-order valence-electron chi connectivity index (χ0n) is 12.4. The van der Waals surface area contributed by atoms with Gasteiger partial charge in [0.15, 0.2) is 6.29 Å². The van der Waals surface area contributed by atoms with Gasteiger partial charge in [-0.1, -0.05) is 46.5 Å². The van der Waals surface area contributed by atoms with Crippen LogP contribution in [-0.4, -0.2) is 19.5 Å². The molecule has 2 rings (SSSR count). The normalized spacial score (nSPS) is 32.0. The van der Waals surface area contributed by atoms with E-state index >= 15 is 0 Å². The van der Waals surface area contributed by atoms with Crippen LogP contribution in [0.2, 0.25) is 0 Å². The summed E-state index contributed by atoms with van der Waals surface area (Å²) in [6, 6.07) is 0. The maximum absolute atomic E-state index is 5.61. The van der Waals surface area contributed by atoms with Crippen molar-refractivity contribution in [2.75, 3.05) is 13.2 Å². The zero-order valence-corrected chi connectivity index (χ0v) is 12.4. The summed E-state index contributed by atoms with van der Waals surface area (Å²) in [4.78, 5) is 0. The van der Waals surface area contributed by atoms with Gasteiger partial charge in [-0.3, -0.25) is 0 Å². The summed E-state index contributed by atoms with van der Waals surface area (Å²) in [5.74, 6) is 3.34. The van der Waals surface area contributed by atoms with Crippen LogP contribution in [0.5, 0.6) is 0 Å². The Bertz CT molecular complexity index is 225. The van der Waals surface area contributed by atoms with Gasteiger partial charge in [-0.25, -0.2) is 0 Å². The van der Waals surface area contributed by atoms with E-state index in [0.717, 1.165) is 31.0 Å². The topological polar surface area (TPSA) is 18.5 Å². The highest BCUT2D eigenvalue weighted by Gasteiger charge is 2.28. The van der Waals surface area contributed by atoms with Crippen molar-refractivity contribution in [3.63, 3.8) is 0 Å². The van der Waals surface area contributed by atoms with Gasteiger partial charge in [-0.15, -0.1) is 0 Å². The smallest absolute Gasteiger partial charge is 0.160 e. The molecule has 1 atom stereocenters. The summed E-state index contributed by atoms with van der Waals surface area (Å²) in [5, 5.41) is 0. The molecule has 0 spiro atoms. The molecule has 2 aliphatic rings. The third-order valence-electron chi connectivity index (χ3n) is 4.59. The second-order valence-electron chi connectivity index (χ2n) is 6.84. The van der Waals surface area contributed by atoms with Gasteiger partial charge in [-0.05, 0) is 30.6 Å². The molecule has 0 aromatic rings. The molecular formula is C16H30O2. The first-order valence-corrected chi connectivity index (χ1v) is 7.88. The molecule has 1 saturated heterocycles. The molecule has 2 fully saturated rings. The zero-order chi connectivity index (χ0) is 13.0. The molecule has 0 aromatic carbocycles. The molecule has 1 heterocycles. The van der Waals surface area contributed by atoms with Gasteiger partial charge in [0, 0.05) is 5.92 Å². The number of ether oxygens (including phenoxy) is 2. The molecule has 1 aliphatic carbocycles.